The van der Waals surface area contributed by atoms with Crippen LogP contribution in [0.3, 0.4) is 0 Å². The Hall–Kier alpha value is -3.08. The van der Waals surface area contributed by atoms with E-state index in [0.717, 1.165) is 31.7 Å². The standard InChI is InChI=1S/C26H22F4O/c1-2-15-3-5-16(6-4-15)19-11-12-20(24(28)23(19)27)17-7-9-18(10-8-17)21-13-14-22(31)26(30)25(21)29/h2,7-16,31H,1,3-6H2. The van der Waals surface area contributed by atoms with Gasteiger partial charge in [0, 0.05) is 11.1 Å². The number of benzene rings is 3. The maximum atomic E-state index is 14.9. The highest BCUT2D eigenvalue weighted by atomic mass is 19.2. The van der Waals surface area contributed by atoms with E-state index in [0.29, 0.717) is 22.6 Å². The summed E-state index contributed by atoms with van der Waals surface area (Å²) in [7, 11) is 0. The summed E-state index contributed by atoms with van der Waals surface area (Å²) in [6.45, 7) is 3.81. The van der Waals surface area contributed by atoms with Crippen LogP contribution in [0, 0.1) is 29.2 Å². The number of hydrogen-bond donors (Lipinski definition) is 1. The maximum Gasteiger partial charge on any atom is 0.200 e. The fourth-order valence-corrected chi connectivity index (χ4v) is 4.36. The molecule has 0 bridgehead atoms. The van der Waals surface area contributed by atoms with Crippen molar-refractivity contribution in [2.75, 3.05) is 0 Å². The average Bonchev–Trinajstić information content (AvgIpc) is 2.80. The molecule has 1 nitrogen and oxygen atoms in total. The van der Waals surface area contributed by atoms with Gasteiger partial charge in [-0.1, -0.05) is 42.5 Å². The van der Waals surface area contributed by atoms with E-state index >= 15 is 0 Å². The lowest BCUT2D eigenvalue weighted by Crippen LogP contribution is -2.13. The second-order valence-corrected chi connectivity index (χ2v) is 8.02. The molecule has 0 unspecified atom stereocenters. The van der Waals surface area contributed by atoms with Crippen LogP contribution in [0.5, 0.6) is 5.75 Å². The lowest BCUT2D eigenvalue weighted by atomic mass is 9.78. The lowest BCUT2D eigenvalue weighted by molar-refractivity contribution is 0.364. The molecule has 0 aliphatic heterocycles. The molecule has 5 heteroatoms. The molecule has 31 heavy (non-hydrogen) atoms. The third-order valence-electron chi connectivity index (χ3n) is 6.23. The second kappa shape index (κ2) is 8.58. The van der Waals surface area contributed by atoms with Crippen molar-refractivity contribution in [3.05, 3.63) is 90.0 Å². The van der Waals surface area contributed by atoms with Gasteiger partial charge in [-0.05, 0) is 66.3 Å². The molecule has 3 aromatic rings. The molecule has 0 amide bonds. The van der Waals surface area contributed by atoms with E-state index in [1.807, 2.05) is 6.08 Å². The maximum absolute atomic E-state index is 14.9. The van der Waals surface area contributed by atoms with Gasteiger partial charge in [-0.15, -0.1) is 6.58 Å². The topological polar surface area (TPSA) is 20.2 Å². The van der Waals surface area contributed by atoms with Crippen molar-refractivity contribution in [3.63, 3.8) is 0 Å². The fourth-order valence-electron chi connectivity index (χ4n) is 4.36. The predicted molar refractivity (Wildman–Crippen MR) is 114 cm³/mol. The summed E-state index contributed by atoms with van der Waals surface area (Å²) in [6, 6.07) is 11.6. The summed E-state index contributed by atoms with van der Waals surface area (Å²) in [5.41, 5.74) is 1.28. The normalized spacial score (nSPS) is 18.7. The van der Waals surface area contributed by atoms with Gasteiger partial charge >= 0.3 is 0 Å². The Kier molecular flexibility index (Phi) is 5.86. The Labute approximate surface area is 178 Å². The molecule has 1 aliphatic rings. The molecular formula is C26H22F4O. The molecule has 3 aromatic carbocycles. The summed E-state index contributed by atoms with van der Waals surface area (Å²) in [6.07, 6.45) is 5.38. The zero-order valence-electron chi connectivity index (χ0n) is 16.8. The number of halogens is 4. The van der Waals surface area contributed by atoms with E-state index in [1.165, 1.54) is 30.3 Å². The average molecular weight is 426 g/mol. The Balaban J connectivity index is 1.61. The molecule has 4 rings (SSSR count). The van der Waals surface area contributed by atoms with Crippen LogP contribution in [0.2, 0.25) is 0 Å². The molecule has 1 fully saturated rings. The van der Waals surface area contributed by atoms with E-state index in [-0.39, 0.29) is 17.0 Å². The van der Waals surface area contributed by atoms with E-state index in [9.17, 15) is 22.7 Å². The molecule has 0 atom stereocenters. The SMILES string of the molecule is C=CC1CCC(c2ccc(-c3ccc(-c4ccc(O)c(F)c4F)cc3)c(F)c2F)CC1. The van der Waals surface area contributed by atoms with Gasteiger partial charge in [0.25, 0.3) is 0 Å². The number of aromatic hydroxyl groups is 1. The molecule has 1 saturated carbocycles. The first-order chi connectivity index (χ1) is 14.9. The third kappa shape index (κ3) is 3.97. The van der Waals surface area contributed by atoms with Gasteiger partial charge in [-0.25, -0.2) is 13.2 Å². The summed E-state index contributed by atoms with van der Waals surface area (Å²) < 4.78 is 57.5. The minimum atomic E-state index is -1.33. The predicted octanol–water partition coefficient (Wildman–Crippen LogP) is 7.74. The van der Waals surface area contributed by atoms with Gasteiger partial charge in [0.05, 0.1) is 0 Å². The highest BCUT2D eigenvalue weighted by Crippen LogP contribution is 2.39. The van der Waals surface area contributed by atoms with Crippen LogP contribution in [0.4, 0.5) is 17.6 Å². The first-order valence-electron chi connectivity index (χ1n) is 10.3. The van der Waals surface area contributed by atoms with Crippen molar-refractivity contribution in [1.29, 1.82) is 0 Å². The van der Waals surface area contributed by atoms with Gasteiger partial charge in [0.2, 0.25) is 5.82 Å². The highest BCUT2D eigenvalue weighted by Gasteiger charge is 2.25. The van der Waals surface area contributed by atoms with Crippen molar-refractivity contribution in [3.8, 4) is 28.0 Å². The Morgan fingerprint density at radius 2 is 1.19 bits per heavy atom. The van der Waals surface area contributed by atoms with Gasteiger partial charge in [-0.2, -0.15) is 4.39 Å². The monoisotopic (exact) mass is 426 g/mol. The zero-order valence-corrected chi connectivity index (χ0v) is 16.8. The van der Waals surface area contributed by atoms with Crippen LogP contribution >= 0.6 is 0 Å². The molecule has 0 spiro atoms. The van der Waals surface area contributed by atoms with E-state index in [1.54, 1.807) is 12.1 Å². The summed E-state index contributed by atoms with van der Waals surface area (Å²) in [5.74, 6) is -4.56. The Bertz CT molecular complexity index is 1110. The first-order valence-corrected chi connectivity index (χ1v) is 10.3. The van der Waals surface area contributed by atoms with Crippen molar-refractivity contribution in [2.45, 2.75) is 31.6 Å². The molecule has 0 heterocycles. The van der Waals surface area contributed by atoms with Crippen LogP contribution in [0.15, 0.2) is 61.2 Å². The zero-order chi connectivity index (χ0) is 22.1. The van der Waals surface area contributed by atoms with Crippen molar-refractivity contribution in [2.24, 2.45) is 5.92 Å². The molecule has 160 valence electrons. The smallest absolute Gasteiger partial charge is 0.200 e. The molecule has 0 radical (unpaired) electrons. The lowest BCUT2D eigenvalue weighted by Gasteiger charge is -2.27. The first kappa shape index (κ1) is 21.2. The van der Waals surface area contributed by atoms with Crippen molar-refractivity contribution < 1.29 is 22.7 Å². The number of hydrogen-bond acceptors (Lipinski definition) is 1. The van der Waals surface area contributed by atoms with Gasteiger partial charge in [0.15, 0.2) is 23.2 Å². The van der Waals surface area contributed by atoms with Crippen LogP contribution in [-0.2, 0) is 0 Å². The summed E-state index contributed by atoms with van der Waals surface area (Å²) >= 11 is 0. The largest absolute Gasteiger partial charge is 0.505 e. The van der Waals surface area contributed by atoms with Crippen LogP contribution in [0.25, 0.3) is 22.3 Å². The summed E-state index contributed by atoms with van der Waals surface area (Å²) in [5, 5.41) is 9.27. The fraction of sp³-hybridized carbons (Fsp3) is 0.231. The van der Waals surface area contributed by atoms with Crippen LogP contribution < -0.4 is 0 Å². The van der Waals surface area contributed by atoms with Crippen LogP contribution in [-0.4, -0.2) is 5.11 Å². The molecule has 1 aliphatic carbocycles. The summed E-state index contributed by atoms with van der Waals surface area (Å²) in [4.78, 5) is 0. The molecular weight excluding hydrogens is 404 g/mol. The number of phenols is 1. The quantitative estimate of drug-likeness (QED) is 0.334. The Morgan fingerprint density at radius 3 is 1.74 bits per heavy atom. The van der Waals surface area contributed by atoms with Crippen LogP contribution in [0.1, 0.15) is 37.2 Å². The molecule has 0 saturated heterocycles. The second-order valence-electron chi connectivity index (χ2n) is 8.02. The third-order valence-corrected chi connectivity index (χ3v) is 6.23. The molecule has 0 aromatic heterocycles. The van der Waals surface area contributed by atoms with Crippen molar-refractivity contribution >= 4 is 0 Å². The van der Waals surface area contributed by atoms with E-state index in [2.05, 4.69) is 6.58 Å². The van der Waals surface area contributed by atoms with Gasteiger partial charge in [0.1, 0.15) is 0 Å². The minimum Gasteiger partial charge on any atom is -0.505 e. The number of rotatable bonds is 4. The van der Waals surface area contributed by atoms with Gasteiger partial charge < -0.3 is 5.11 Å². The van der Waals surface area contributed by atoms with E-state index < -0.39 is 29.0 Å². The Morgan fingerprint density at radius 1 is 0.677 bits per heavy atom. The van der Waals surface area contributed by atoms with Crippen molar-refractivity contribution in [1.82, 2.24) is 0 Å². The number of allylic oxidation sites excluding steroid dienone is 1. The minimum absolute atomic E-state index is 0.00510. The van der Waals surface area contributed by atoms with Gasteiger partial charge in [-0.3, -0.25) is 0 Å². The molecule has 1 N–H and O–H groups in total. The van der Waals surface area contributed by atoms with E-state index in [4.69, 9.17) is 0 Å². The highest BCUT2D eigenvalue weighted by molar-refractivity contribution is 5.71. The number of phenolic OH excluding ortho intramolecular Hbond substituents is 1.